The molecule has 6 nitrogen and oxygen atoms in total. The van der Waals surface area contributed by atoms with Crippen molar-refractivity contribution in [1.82, 2.24) is 19.7 Å². The Kier molecular flexibility index (Phi) is 4.48. The summed E-state index contributed by atoms with van der Waals surface area (Å²) in [6.07, 6.45) is 10.7. The highest BCUT2D eigenvalue weighted by Crippen LogP contribution is 2.35. The number of nitrogens with one attached hydrogen (secondary N) is 1. The van der Waals surface area contributed by atoms with E-state index in [2.05, 4.69) is 20.4 Å². The average Bonchev–Trinajstić information content (AvgIpc) is 3.01. The molecule has 0 atom stereocenters. The van der Waals surface area contributed by atoms with Gasteiger partial charge in [-0.05, 0) is 49.1 Å². The fourth-order valence-corrected chi connectivity index (χ4v) is 3.12. The van der Waals surface area contributed by atoms with E-state index in [1.165, 1.54) is 19.3 Å². The zero-order valence-corrected chi connectivity index (χ0v) is 14.7. The lowest BCUT2D eigenvalue weighted by molar-refractivity contribution is 0.102. The van der Waals surface area contributed by atoms with E-state index in [1.807, 2.05) is 31.3 Å². The van der Waals surface area contributed by atoms with E-state index in [0.29, 0.717) is 23.8 Å². The molecule has 1 fully saturated rings. The second-order valence-corrected chi connectivity index (χ2v) is 6.76. The van der Waals surface area contributed by atoms with Gasteiger partial charge >= 0.3 is 0 Å². The molecular weight excluding hydrogens is 326 g/mol. The number of aromatic nitrogens is 4. The fourth-order valence-electron chi connectivity index (χ4n) is 3.12. The first-order valence-electron chi connectivity index (χ1n) is 8.89. The Balaban J connectivity index is 1.43. The first-order valence-corrected chi connectivity index (χ1v) is 8.89. The third kappa shape index (κ3) is 3.49. The number of pyridine rings is 2. The van der Waals surface area contributed by atoms with Crippen LogP contribution < -0.4 is 5.32 Å². The quantitative estimate of drug-likeness (QED) is 0.766. The van der Waals surface area contributed by atoms with Gasteiger partial charge in [0.1, 0.15) is 0 Å². The molecular formula is C20H21N5O. The molecule has 0 bridgehead atoms. The van der Waals surface area contributed by atoms with Gasteiger partial charge in [0, 0.05) is 42.5 Å². The van der Waals surface area contributed by atoms with Crippen LogP contribution in [0.4, 0.5) is 5.82 Å². The number of hydrogen-bond donors (Lipinski definition) is 1. The number of carbonyl (C=O) groups excluding carboxylic acids is 1. The average molecular weight is 347 g/mol. The molecule has 0 saturated heterocycles. The highest BCUT2D eigenvalue weighted by atomic mass is 16.1. The lowest BCUT2D eigenvalue weighted by atomic mass is 9.82. The lowest BCUT2D eigenvalue weighted by Gasteiger charge is -2.25. The highest BCUT2D eigenvalue weighted by molar-refractivity contribution is 6.04. The van der Waals surface area contributed by atoms with Crippen molar-refractivity contribution in [3.8, 4) is 0 Å². The van der Waals surface area contributed by atoms with E-state index >= 15 is 0 Å². The maximum Gasteiger partial charge on any atom is 0.258 e. The van der Waals surface area contributed by atoms with Gasteiger partial charge < -0.3 is 5.32 Å². The maximum atomic E-state index is 12.6. The van der Waals surface area contributed by atoms with Crippen LogP contribution >= 0.6 is 0 Å². The molecule has 132 valence electrons. The molecule has 0 aromatic carbocycles. The zero-order chi connectivity index (χ0) is 17.9. The van der Waals surface area contributed by atoms with E-state index in [-0.39, 0.29) is 5.91 Å². The molecule has 3 aromatic rings. The van der Waals surface area contributed by atoms with Crippen molar-refractivity contribution >= 4 is 11.7 Å². The van der Waals surface area contributed by atoms with Gasteiger partial charge in [0.15, 0.2) is 5.82 Å². The number of hydrogen-bond acceptors (Lipinski definition) is 4. The number of nitrogens with zero attached hydrogens (tertiary/aromatic N) is 4. The summed E-state index contributed by atoms with van der Waals surface area (Å²) in [5.74, 6) is 0.922. The van der Waals surface area contributed by atoms with Gasteiger partial charge in [0.2, 0.25) is 0 Å². The minimum Gasteiger partial charge on any atom is -0.305 e. The third-order valence-corrected chi connectivity index (χ3v) is 4.88. The molecule has 4 rings (SSSR count). The molecule has 1 aliphatic carbocycles. The Hall–Kier alpha value is -3.02. The third-order valence-electron chi connectivity index (χ3n) is 4.88. The van der Waals surface area contributed by atoms with Crippen LogP contribution in [-0.4, -0.2) is 25.7 Å². The van der Waals surface area contributed by atoms with E-state index < -0.39 is 0 Å². The monoisotopic (exact) mass is 347 g/mol. The first-order chi connectivity index (χ1) is 12.7. The van der Waals surface area contributed by atoms with E-state index in [1.54, 1.807) is 29.3 Å². The molecule has 3 aromatic heterocycles. The van der Waals surface area contributed by atoms with Crippen molar-refractivity contribution in [3.63, 3.8) is 0 Å². The van der Waals surface area contributed by atoms with Crippen molar-refractivity contribution < 1.29 is 4.79 Å². The van der Waals surface area contributed by atoms with Gasteiger partial charge in [-0.3, -0.25) is 19.4 Å². The van der Waals surface area contributed by atoms with Crippen LogP contribution in [0.5, 0.6) is 0 Å². The molecule has 1 N–H and O–H groups in total. The summed E-state index contributed by atoms with van der Waals surface area (Å²) < 4.78 is 1.79. The molecule has 1 amide bonds. The minimum atomic E-state index is -0.177. The van der Waals surface area contributed by atoms with Crippen LogP contribution in [0.1, 0.15) is 52.4 Å². The van der Waals surface area contributed by atoms with Crippen LogP contribution in [0.25, 0.3) is 0 Å². The second-order valence-electron chi connectivity index (χ2n) is 6.76. The molecule has 1 saturated carbocycles. The van der Waals surface area contributed by atoms with Gasteiger partial charge in [-0.2, -0.15) is 5.10 Å². The zero-order valence-electron chi connectivity index (χ0n) is 14.7. The molecule has 3 heterocycles. The normalized spacial score (nSPS) is 14.0. The van der Waals surface area contributed by atoms with Crippen molar-refractivity contribution in [2.75, 3.05) is 5.32 Å². The van der Waals surface area contributed by atoms with Gasteiger partial charge in [-0.25, -0.2) is 0 Å². The molecule has 26 heavy (non-hydrogen) atoms. The van der Waals surface area contributed by atoms with Crippen molar-refractivity contribution in [1.29, 1.82) is 0 Å². The van der Waals surface area contributed by atoms with E-state index in [0.717, 1.165) is 16.8 Å². The summed E-state index contributed by atoms with van der Waals surface area (Å²) in [5.41, 5.74) is 3.76. The first kappa shape index (κ1) is 16.4. The summed E-state index contributed by atoms with van der Waals surface area (Å²) in [6.45, 7) is 2.59. The van der Waals surface area contributed by atoms with Gasteiger partial charge in [0.05, 0.1) is 12.1 Å². The number of aryl methyl sites for hydroxylation is 1. The van der Waals surface area contributed by atoms with Crippen LogP contribution in [0.2, 0.25) is 0 Å². The Morgan fingerprint density at radius 1 is 1.27 bits per heavy atom. The predicted molar refractivity (Wildman–Crippen MR) is 99.1 cm³/mol. The topological polar surface area (TPSA) is 72.7 Å². The SMILES string of the molecule is Cc1cc(C2CCC2)ncc1C(=O)Nc1ccn(Cc2ccncc2)n1. The van der Waals surface area contributed by atoms with Crippen molar-refractivity contribution in [2.24, 2.45) is 0 Å². The second kappa shape index (κ2) is 7.07. The Morgan fingerprint density at radius 3 is 2.77 bits per heavy atom. The van der Waals surface area contributed by atoms with E-state index in [4.69, 9.17) is 0 Å². The van der Waals surface area contributed by atoms with Crippen LogP contribution in [-0.2, 0) is 6.54 Å². The smallest absolute Gasteiger partial charge is 0.258 e. The molecule has 6 heteroatoms. The number of rotatable bonds is 5. The molecule has 0 spiro atoms. The Labute approximate surface area is 152 Å². The summed E-state index contributed by atoms with van der Waals surface area (Å²) in [5, 5.41) is 7.27. The minimum absolute atomic E-state index is 0.177. The Morgan fingerprint density at radius 2 is 2.08 bits per heavy atom. The van der Waals surface area contributed by atoms with E-state index in [9.17, 15) is 4.79 Å². The van der Waals surface area contributed by atoms with Crippen molar-refractivity contribution in [3.05, 3.63) is 71.4 Å². The molecule has 0 unspecified atom stereocenters. The maximum absolute atomic E-state index is 12.6. The van der Waals surface area contributed by atoms with Crippen LogP contribution in [0.3, 0.4) is 0 Å². The molecule has 1 aliphatic rings. The van der Waals surface area contributed by atoms with Crippen LogP contribution in [0.15, 0.2) is 49.1 Å². The van der Waals surface area contributed by atoms with Gasteiger partial charge in [0.25, 0.3) is 5.91 Å². The number of anilines is 1. The summed E-state index contributed by atoms with van der Waals surface area (Å²) in [4.78, 5) is 21.1. The molecule has 0 aliphatic heterocycles. The van der Waals surface area contributed by atoms with Gasteiger partial charge in [-0.15, -0.1) is 0 Å². The summed E-state index contributed by atoms with van der Waals surface area (Å²) >= 11 is 0. The highest BCUT2D eigenvalue weighted by Gasteiger charge is 2.22. The largest absolute Gasteiger partial charge is 0.305 e. The fraction of sp³-hybridized carbons (Fsp3) is 0.300. The number of carbonyl (C=O) groups is 1. The summed E-state index contributed by atoms with van der Waals surface area (Å²) in [6, 6.07) is 7.72. The number of amides is 1. The molecule has 0 radical (unpaired) electrons. The van der Waals surface area contributed by atoms with Crippen molar-refractivity contribution in [2.45, 2.75) is 38.6 Å². The lowest BCUT2D eigenvalue weighted by Crippen LogP contribution is -2.16. The summed E-state index contributed by atoms with van der Waals surface area (Å²) in [7, 11) is 0. The standard InChI is InChI=1S/C20H21N5O/c1-14-11-18(16-3-2-4-16)22-12-17(14)20(26)23-19-7-10-25(24-19)13-15-5-8-21-9-6-15/h5-12,16H,2-4,13H2,1H3,(H,23,24,26). The predicted octanol–water partition coefficient (Wildman–Crippen LogP) is 3.55. The van der Waals surface area contributed by atoms with Crippen LogP contribution in [0, 0.1) is 6.92 Å². The van der Waals surface area contributed by atoms with Gasteiger partial charge in [-0.1, -0.05) is 6.42 Å². The Bertz CT molecular complexity index is 915.